The molecule has 0 saturated carbocycles. The molecule has 4 nitrogen and oxygen atoms in total. The van der Waals surface area contributed by atoms with E-state index in [0.717, 1.165) is 3.57 Å². The van der Waals surface area contributed by atoms with E-state index in [9.17, 15) is 9.90 Å². The smallest absolute Gasteiger partial charge is 0.271 e. The van der Waals surface area contributed by atoms with Crippen molar-refractivity contribution in [2.75, 3.05) is 0 Å². The molecule has 0 spiro atoms. The molecule has 2 aromatic rings. The van der Waals surface area contributed by atoms with Gasteiger partial charge in [-0.15, -0.1) is 0 Å². The molecule has 0 aliphatic heterocycles. The number of hydrogen-bond donors (Lipinski definition) is 2. The lowest BCUT2D eigenvalue weighted by atomic mass is 10.2. The third-order valence-electron chi connectivity index (χ3n) is 2.47. The minimum Gasteiger partial charge on any atom is -0.507 e. The molecule has 0 unspecified atom stereocenters. The molecule has 0 atom stereocenters. The molecular weight excluding hydrogens is 391 g/mol. The van der Waals surface area contributed by atoms with Gasteiger partial charge >= 0.3 is 0 Å². The predicted molar refractivity (Wildman–Crippen MR) is 87.3 cm³/mol. The van der Waals surface area contributed by atoms with E-state index in [4.69, 9.17) is 11.6 Å². The molecule has 0 bridgehead atoms. The van der Waals surface area contributed by atoms with Crippen LogP contribution in [0.5, 0.6) is 5.75 Å². The maximum atomic E-state index is 11.8. The van der Waals surface area contributed by atoms with E-state index in [0.29, 0.717) is 16.1 Å². The van der Waals surface area contributed by atoms with E-state index in [2.05, 4.69) is 33.1 Å². The second-order valence-electron chi connectivity index (χ2n) is 3.91. The number of amides is 1. The normalized spacial score (nSPS) is 10.7. The number of carbonyl (C=O) groups is 1. The summed E-state index contributed by atoms with van der Waals surface area (Å²) in [5.41, 5.74) is 3.33. The van der Waals surface area contributed by atoms with Crippen LogP contribution in [0, 0.1) is 3.57 Å². The van der Waals surface area contributed by atoms with Crippen LogP contribution in [0.4, 0.5) is 0 Å². The highest BCUT2D eigenvalue weighted by atomic mass is 127. The van der Waals surface area contributed by atoms with Crippen molar-refractivity contribution in [2.24, 2.45) is 5.10 Å². The van der Waals surface area contributed by atoms with Crippen molar-refractivity contribution >= 4 is 46.3 Å². The topological polar surface area (TPSA) is 61.7 Å². The first-order valence-electron chi connectivity index (χ1n) is 5.64. The lowest BCUT2D eigenvalue weighted by molar-refractivity contribution is 0.0955. The van der Waals surface area contributed by atoms with Crippen molar-refractivity contribution in [1.29, 1.82) is 0 Å². The molecule has 0 fully saturated rings. The fraction of sp³-hybridized carbons (Fsp3) is 0. The van der Waals surface area contributed by atoms with E-state index in [1.54, 1.807) is 24.3 Å². The first-order chi connectivity index (χ1) is 9.56. The highest BCUT2D eigenvalue weighted by Crippen LogP contribution is 2.19. The van der Waals surface area contributed by atoms with Crippen molar-refractivity contribution < 1.29 is 9.90 Å². The first-order valence-corrected chi connectivity index (χ1v) is 7.09. The highest BCUT2D eigenvalue weighted by molar-refractivity contribution is 14.1. The van der Waals surface area contributed by atoms with E-state index >= 15 is 0 Å². The molecule has 0 aromatic heterocycles. The average molecular weight is 401 g/mol. The van der Waals surface area contributed by atoms with Gasteiger partial charge in [0, 0.05) is 19.7 Å². The summed E-state index contributed by atoms with van der Waals surface area (Å²) in [5.74, 6) is -0.277. The Morgan fingerprint density at radius 1 is 1.25 bits per heavy atom. The summed E-state index contributed by atoms with van der Waals surface area (Å²) in [5, 5.41) is 13.9. The Bertz CT molecular complexity index is 657. The molecule has 2 aromatic carbocycles. The van der Waals surface area contributed by atoms with Gasteiger partial charge in [0.05, 0.1) is 6.21 Å². The summed E-state index contributed by atoms with van der Waals surface area (Å²) in [6.45, 7) is 0. The quantitative estimate of drug-likeness (QED) is 0.471. The molecule has 0 aliphatic rings. The third kappa shape index (κ3) is 3.94. The van der Waals surface area contributed by atoms with Crippen molar-refractivity contribution in [3.05, 3.63) is 62.2 Å². The molecular formula is C14H10ClIN2O2. The van der Waals surface area contributed by atoms with Crippen molar-refractivity contribution in [1.82, 2.24) is 5.43 Å². The van der Waals surface area contributed by atoms with Crippen LogP contribution >= 0.6 is 34.2 Å². The third-order valence-corrected chi connectivity index (χ3v) is 3.42. The Hall–Kier alpha value is -1.60. The predicted octanol–water partition coefficient (Wildman–Crippen LogP) is 3.41. The fourth-order valence-electron chi connectivity index (χ4n) is 1.46. The molecule has 0 aliphatic carbocycles. The molecule has 102 valence electrons. The lowest BCUT2D eigenvalue weighted by Gasteiger charge is -2.01. The van der Waals surface area contributed by atoms with Crippen LogP contribution in [-0.4, -0.2) is 17.2 Å². The number of nitrogens with zero attached hydrogens (tertiary/aromatic N) is 1. The SMILES string of the molecule is O=C(NN=Cc1cc(Cl)ccc1O)c1ccc(I)cc1. The average Bonchev–Trinajstić information content (AvgIpc) is 2.43. The van der Waals surface area contributed by atoms with Gasteiger partial charge in [0.25, 0.3) is 5.91 Å². The van der Waals surface area contributed by atoms with E-state index in [-0.39, 0.29) is 11.7 Å². The van der Waals surface area contributed by atoms with Crippen LogP contribution in [0.3, 0.4) is 0 Å². The molecule has 2 N–H and O–H groups in total. The number of halogens is 2. The van der Waals surface area contributed by atoms with Crippen molar-refractivity contribution in [3.8, 4) is 5.75 Å². The van der Waals surface area contributed by atoms with E-state index in [1.165, 1.54) is 12.3 Å². The zero-order chi connectivity index (χ0) is 14.5. The summed E-state index contributed by atoms with van der Waals surface area (Å²) in [6, 6.07) is 11.7. The van der Waals surface area contributed by atoms with Crippen LogP contribution < -0.4 is 5.43 Å². The van der Waals surface area contributed by atoms with Crippen LogP contribution in [0.2, 0.25) is 5.02 Å². The van der Waals surface area contributed by atoms with Gasteiger partial charge in [0.15, 0.2) is 0 Å². The second kappa shape index (κ2) is 6.71. The van der Waals surface area contributed by atoms with Gasteiger partial charge in [-0.25, -0.2) is 5.43 Å². The Morgan fingerprint density at radius 3 is 2.65 bits per heavy atom. The van der Waals surface area contributed by atoms with Crippen LogP contribution in [0.15, 0.2) is 47.6 Å². The van der Waals surface area contributed by atoms with Crippen molar-refractivity contribution in [3.63, 3.8) is 0 Å². The molecule has 20 heavy (non-hydrogen) atoms. The van der Waals surface area contributed by atoms with Gasteiger partial charge in [-0.1, -0.05) is 11.6 Å². The largest absolute Gasteiger partial charge is 0.507 e. The molecule has 0 saturated heterocycles. The summed E-state index contributed by atoms with van der Waals surface area (Å²) in [4.78, 5) is 11.8. The van der Waals surface area contributed by atoms with Gasteiger partial charge in [-0.05, 0) is 65.1 Å². The first kappa shape index (κ1) is 14.8. The minimum atomic E-state index is -0.320. The van der Waals surface area contributed by atoms with E-state index in [1.807, 2.05) is 12.1 Å². The number of nitrogens with one attached hydrogen (secondary N) is 1. The zero-order valence-corrected chi connectivity index (χ0v) is 13.1. The van der Waals surface area contributed by atoms with Crippen LogP contribution in [-0.2, 0) is 0 Å². The molecule has 6 heteroatoms. The fourth-order valence-corrected chi connectivity index (χ4v) is 2.00. The minimum absolute atomic E-state index is 0.0432. The number of hydrazone groups is 1. The van der Waals surface area contributed by atoms with Crippen LogP contribution in [0.25, 0.3) is 0 Å². The number of hydrogen-bond acceptors (Lipinski definition) is 3. The zero-order valence-electron chi connectivity index (χ0n) is 10.2. The second-order valence-corrected chi connectivity index (χ2v) is 5.59. The Kier molecular flexibility index (Phi) is 4.97. The number of carbonyl (C=O) groups excluding carboxylic acids is 1. The Morgan fingerprint density at radius 2 is 1.95 bits per heavy atom. The Balaban J connectivity index is 2.04. The Labute approximate surface area is 134 Å². The molecule has 1 amide bonds. The van der Waals surface area contributed by atoms with Gasteiger partial charge in [0.2, 0.25) is 0 Å². The van der Waals surface area contributed by atoms with Crippen molar-refractivity contribution in [2.45, 2.75) is 0 Å². The van der Waals surface area contributed by atoms with E-state index < -0.39 is 0 Å². The summed E-state index contributed by atoms with van der Waals surface area (Å²) < 4.78 is 1.05. The maximum absolute atomic E-state index is 11.8. The summed E-state index contributed by atoms with van der Waals surface area (Å²) in [6.07, 6.45) is 1.34. The molecule has 0 heterocycles. The highest BCUT2D eigenvalue weighted by Gasteiger charge is 2.03. The number of aromatic hydroxyl groups is 1. The summed E-state index contributed by atoms with van der Waals surface area (Å²) >= 11 is 7.97. The maximum Gasteiger partial charge on any atom is 0.271 e. The van der Waals surface area contributed by atoms with Gasteiger partial charge in [0.1, 0.15) is 5.75 Å². The monoisotopic (exact) mass is 400 g/mol. The standard InChI is InChI=1S/C14H10ClIN2O2/c15-11-3-6-13(19)10(7-11)8-17-18-14(20)9-1-4-12(16)5-2-9/h1-8,19H,(H,18,20). The number of benzene rings is 2. The summed E-state index contributed by atoms with van der Waals surface area (Å²) in [7, 11) is 0. The number of rotatable bonds is 3. The van der Waals surface area contributed by atoms with Gasteiger partial charge in [-0.3, -0.25) is 4.79 Å². The number of phenolic OH excluding ortho intramolecular Hbond substituents is 1. The van der Waals surface area contributed by atoms with Gasteiger partial charge < -0.3 is 5.11 Å². The molecule has 0 radical (unpaired) electrons. The lowest BCUT2D eigenvalue weighted by Crippen LogP contribution is -2.17. The van der Waals surface area contributed by atoms with Crippen LogP contribution in [0.1, 0.15) is 15.9 Å². The van der Waals surface area contributed by atoms with Gasteiger partial charge in [-0.2, -0.15) is 5.10 Å². The number of phenols is 1. The molecule has 2 rings (SSSR count).